The Kier molecular flexibility index (Phi) is 5.76. The smallest absolute Gasteiger partial charge is 0.143 e. The maximum absolute atomic E-state index is 8.69. The van der Waals surface area contributed by atoms with Crippen molar-refractivity contribution in [1.29, 1.82) is 0 Å². The van der Waals surface area contributed by atoms with Gasteiger partial charge in [-0.05, 0) is 60.5 Å². The fourth-order valence-electron chi connectivity index (χ4n) is 3.78. The number of nitrogens with zero attached hydrogens (tertiary/aromatic N) is 10. The van der Waals surface area contributed by atoms with Crippen molar-refractivity contribution in [1.82, 2.24) is 0 Å². The molecule has 0 bridgehead atoms. The van der Waals surface area contributed by atoms with Crippen LogP contribution < -0.4 is 0 Å². The number of rotatable bonds is 7. The zero-order chi connectivity index (χ0) is 17.5. The summed E-state index contributed by atoms with van der Waals surface area (Å²) in [6.07, 6.45) is 4.10. The van der Waals surface area contributed by atoms with E-state index in [2.05, 4.69) is 35.2 Å². The van der Waals surface area contributed by atoms with Gasteiger partial charge in [0, 0.05) is 40.8 Å². The highest BCUT2D eigenvalue weighted by molar-refractivity contribution is 5.83. The van der Waals surface area contributed by atoms with Crippen LogP contribution in [0.3, 0.4) is 0 Å². The Balaban J connectivity index is 2.18. The highest BCUT2D eigenvalue weighted by Gasteiger charge is 2.46. The molecule has 0 atom stereocenters. The molecule has 0 N–H and O–H groups in total. The molecule has 0 aromatic heterocycles. The maximum Gasteiger partial charge on any atom is 0.143 e. The molecule has 11 heteroatoms. The average Bonchev–Trinajstić information content (AvgIpc) is 2.96. The molecule has 2 rings (SSSR count). The molecule has 0 amide bonds. The molecule has 1 spiro atoms. The Labute approximate surface area is 138 Å². The molecule has 0 radical (unpaired) electrons. The van der Waals surface area contributed by atoms with Crippen molar-refractivity contribution in [2.75, 3.05) is 19.6 Å². The zero-order valence-electron chi connectivity index (χ0n) is 13.6. The first-order valence-corrected chi connectivity index (χ1v) is 7.84. The molecule has 0 saturated heterocycles. The van der Waals surface area contributed by atoms with Crippen molar-refractivity contribution in [3.63, 3.8) is 0 Å². The lowest BCUT2D eigenvalue weighted by Gasteiger charge is -2.44. The fraction of sp³-hybridized carbons (Fsp3) is 0.923. The molecular weight excluding hydrogens is 312 g/mol. The Morgan fingerprint density at radius 2 is 1.58 bits per heavy atom. The van der Waals surface area contributed by atoms with Gasteiger partial charge in [-0.3, -0.25) is 0 Å². The lowest BCUT2D eigenvalue weighted by Crippen LogP contribution is -2.45. The summed E-state index contributed by atoms with van der Waals surface area (Å²) in [4.78, 5) is 14.1. The zero-order valence-corrected chi connectivity index (χ0v) is 13.6. The summed E-state index contributed by atoms with van der Waals surface area (Å²) < 4.78 is 0. The molecule has 1 heterocycles. The number of azide groups is 3. The van der Waals surface area contributed by atoms with Crippen molar-refractivity contribution >= 4 is 5.71 Å². The lowest BCUT2D eigenvalue weighted by molar-refractivity contribution is -0.0663. The Bertz CT molecular complexity index is 581. The van der Waals surface area contributed by atoms with Crippen LogP contribution in [0.15, 0.2) is 20.5 Å². The monoisotopic (exact) mass is 332 g/mol. The van der Waals surface area contributed by atoms with E-state index in [-0.39, 0.29) is 31.2 Å². The van der Waals surface area contributed by atoms with Crippen LogP contribution in [0.4, 0.5) is 0 Å². The molecule has 128 valence electrons. The van der Waals surface area contributed by atoms with Gasteiger partial charge in [-0.25, -0.2) is 0 Å². The molecule has 0 aromatic rings. The summed E-state index contributed by atoms with van der Waals surface area (Å²) in [5.41, 5.74) is 26.2. The van der Waals surface area contributed by atoms with Crippen molar-refractivity contribution in [2.24, 2.45) is 31.8 Å². The second-order valence-electron chi connectivity index (χ2n) is 6.58. The third-order valence-corrected chi connectivity index (χ3v) is 5.08. The quantitative estimate of drug-likeness (QED) is 0.370. The largest absolute Gasteiger partial charge is 0.389 e. The SMILES string of the molecule is CC1=NOC2(CCC(C(CN=[N+]=[N-])(CN=[N+]=[N-])CN=[N+]=[N-])CC2)C1. The molecule has 1 fully saturated rings. The van der Waals surface area contributed by atoms with E-state index in [4.69, 9.17) is 21.4 Å². The van der Waals surface area contributed by atoms with E-state index in [1.165, 1.54) is 0 Å². The van der Waals surface area contributed by atoms with Gasteiger partial charge in [0.15, 0.2) is 0 Å². The minimum Gasteiger partial charge on any atom is -0.389 e. The van der Waals surface area contributed by atoms with Crippen LogP contribution in [-0.4, -0.2) is 30.9 Å². The third-order valence-electron chi connectivity index (χ3n) is 5.08. The van der Waals surface area contributed by atoms with Gasteiger partial charge in [0.25, 0.3) is 0 Å². The van der Waals surface area contributed by atoms with E-state index in [1.807, 2.05) is 6.92 Å². The molecule has 1 aliphatic heterocycles. The first kappa shape index (κ1) is 17.7. The molecule has 2 aliphatic rings. The molecule has 0 aromatic carbocycles. The Morgan fingerprint density at radius 3 is 1.96 bits per heavy atom. The minimum absolute atomic E-state index is 0.120. The Morgan fingerprint density at radius 1 is 1.08 bits per heavy atom. The average molecular weight is 332 g/mol. The van der Waals surface area contributed by atoms with E-state index in [0.29, 0.717) is 0 Å². The van der Waals surface area contributed by atoms with Gasteiger partial charge in [0.1, 0.15) is 5.60 Å². The summed E-state index contributed by atoms with van der Waals surface area (Å²) in [5, 5.41) is 15.1. The van der Waals surface area contributed by atoms with Crippen LogP contribution >= 0.6 is 0 Å². The minimum atomic E-state index is -0.652. The predicted molar refractivity (Wildman–Crippen MR) is 88.0 cm³/mol. The van der Waals surface area contributed by atoms with Crippen LogP contribution in [-0.2, 0) is 4.84 Å². The maximum atomic E-state index is 8.69. The van der Waals surface area contributed by atoms with Gasteiger partial charge >= 0.3 is 0 Å². The highest BCUT2D eigenvalue weighted by atomic mass is 16.7. The third kappa shape index (κ3) is 3.83. The first-order chi connectivity index (χ1) is 11.6. The summed E-state index contributed by atoms with van der Waals surface area (Å²) >= 11 is 0. The van der Waals surface area contributed by atoms with Gasteiger partial charge in [0.05, 0.1) is 5.71 Å². The first-order valence-electron chi connectivity index (χ1n) is 7.84. The van der Waals surface area contributed by atoms with Crippen molar-refractivity contribution in [2.45, 2.75) is 44.6 Å². The summed E-state index contributed by atoms with van der Waals surface area (Å²) in [6, 6.07) is 0. The second-order valence-corrected chi connectivity index (χ2v) is 6.58. The summed E-state index contributed by atoms with van der Waals surface area (Å²) in [6.45, 7) is 2.36. The topological polar surface area (TPSA) is 168 Å². The van der Waals surface area contributed by atoms with Crippen LogP contribution in [0.2, 0.25) is 0 Å². The van der Waals surface area contributed by atoms with Gasteiger partial charge in [-0.15, -0.1) is 0 Å². The predicted octanol–water partition coefficient (Wildman–Crippen LogP) is 4.63. The summed E-state index contributed by atoms with van der Waals surface area (Å²) in [7, 11) is 0. The van der Waals surface area contributed by atoms with Crippen LogP contribution in [0.1, 0.15) is 39.0 Å². The highest BCUT2D eigenvalue weighted by Crippen LogP contribution is 2.47. The van der Waals surface area contributed by atoms with Crippen LogP contribution in [0.25, 0.3) is 31.3 Å². The van der Waals surface area contributed by atoms with E-state index in [0.717, 1.165) is 37.8 Å². The molecular formula is C13H20N10O. The fourth-order valence-corrected chi connectivity index (χ4v) is 3.78. The van der Waals surface area contributed by atoms with E-state index < -0.39 is 5.41 Å². The second kappa shape index (κ2) is 7.79. The summed E-state index contributed by atoms with van der Waals surface area (Å²) in [5.74, 6) is 0.120. The van der Waals surface area contributed by atoms with Gasteiger partial charge in [0.2, 0.25) is 0 Å². The standard InChI is InChI=1S/C13H20N10O/c1-10-6-13(24-20-10)4-2-11(3-5-13)12(7-17-21-14,8-18-22-15)9-19-23-16/h11H,2-9H2,1H3. The van der Waals surface area contributed by atoms with Gasteiger partial charge in [-0.1, -0.05) is 20.5 Å². The number of hydrogen-bond acceptors (Lipinski definition) is 5. The van der Waals surface area contributed by atoms with Gasteiger partial charge < -0.3 is 4.84 Å². The molecule has 0 unspecified atom stereocenters. The Hall–Kier alpha value is -2.60. The van der Waals surface area contributed by atoms with E-state index >= 15 is 0 Å². The van der Waals surface area contributed by atoms with E-state index in [9.17, 15) is 0 Å². The van der Waals surface area contributed by atoms with Crippen LogP contribution in [0.5, 0.6) is 0 Å². The van der Waals surface area contributed by atoms with Gasteiger partial charge in [-0.2, -0.15) is 0 Å². The number of hydrogen-bond donors (Lipinski definition) is 0. The lowest BCUT2D eigenvalue weighted by atomic mass is 9.65. The normalized spacial score (nSPS) is 27.7. The molecule has 24 heavy (non-hydrogen) atoms. The van der Waals surface area contributed by atoms with Crippen molar-refractivity contribution in [3.05, 3.63) is 31.3 Å². The molecule has 1 aliphatic carbocycles. The van der Waals surface area contributed by atoms with Crippen LogP contribution in [0, 0.1) is 11.3 Å². The van der Waals surface area contributed by atoms with Crippen molar-refractivity contribution in [3.8, 4) is 0 Å². The molecule has 1 saturated carbocycles. The number of oxime groups is 1. The molecule has 11 nitrogen and oxygen atoms in total. The van der Waals surface area contributed by atoms with Crippen molar-refractivity contribution < 1.29 is 4.84 Å². The van der Waals surface area contributed by atoms with E-state index in [1.54, 1.807) is 0 Å².